The van der Waals surface area contributed by atoms with Crippen LogP contribution in [0.15, 0.2) is 0 Å². The first-order chi connectivity index (χ1) is 4.71. The Bertz CT molecular complexity index is 100. The Hall–Kier alpha value is 0.0995. The molecule has 0 nitrogen and oxygen atoms in total. The Morgan fingerprint density at radius 3 is 1.08 bits per heavy atom. The summed E-state index contributed by atoms with van der Waals surface area (Å²) in [5, 5.41) is 0. The molecule has 0 unspecified atom stereocenters. The molecule has 0 aliphatic carbocycles. The Kier molecular flexibility index (Phi) is 6.05. The average molecular weight is 244 g/mol. The maximum absolute atomic E-state index is 11.3. The van der Waals surface area contributed by atoms with Crippen LogP contribution in [-0.4, -0.2) is 12.4 Å². The van der Waals surface area contributed by atoms with E-state index in [9.17, 15) is 26.3 Å². The van der Waals surface area contributed by atoms with Crippen LogP contribution in [0.5, 0.6) is 0 Å². The predicted octanol–water partition coefficient (Wildman–Crippen LogP) is 3.28. The van der Waals surface area contributed by atoms with Crippen molar-refractivity contribution in [2.75, 3.05) is 0 Å². The van der Waals surface area contributed by atoms with Gasteiger partial charge in [0.2, 0.25) is 0 Å². The molecule has 0 aromatic carbocycles. The minimum atomic E-state index is -4.48. The molecule has 0 aliphatic rings. The van der Waals surface area contributed by atoms with Gasteiger partial charge in [0.1, 0.15) is 0 Å². The van der Waals surface area contributed by atoms with Gasteiger partial charge in [-0.05, 0) is 6.42 Å². The van der Waals surface area contributed by atoms with Gasteiger partial charge in [0.15, 0.2) is 0 Å². The summed E-state index contributed by atoms with van der Waals surface area (Å²) in [6.45, 7) is 0. The van der Waals surface area contributed by atoms with Crippen LogP contribution in [0.4, 0.5) is 26.3 Å². The molecule has 0 bridgehead atoms. The van der Waals surface area contributed by atoms with E-state index in [4.69, 9.17) is 0 Å². The Labute approximate surface area is 75.8 Å². The zero-order chi connectivity index (χ0) is 9.12. The van der Waals surface area contributed by atoms with E-state index in [2.05, 4.69) is 0 Å². The van der Waals surface area contributed by atoms with Gasteiger partial charge in [-0.25, -0.2) is 0 Å². The number of halogens is 6. The van der Waals surface area contributed by atoms with Crippen molar-refractivity contribution in [3.63, 3.8) is 0 Å². The van der Waals surface area contributed by atoms with Gasteiger partial charge in [-0.3, -0.25) is 0 Å². The summed E-state index contributed by atoms with van der Waals surface area (Å²) in [5.41, 5.74) is 0. The molecule has 0 aliphatic heterocycles. The van der Waals surface area contributed by atoms with Crippen molar-refractivity contribution >= 4 is 0 Å². The standard InChI is InChI=1S/C5H6F6.Cu/c6-4(7,8)2-1-3-5(9,10)11;/h1-3H2;/q;+2. The van der Waals surface area contributed by atoms with Crippen molar-refractivity contribution in [2.24, 2.45) is 0 Å². The molecule has 1 radical (unpaired) electrons. The van der Waals surface area contributed by atoms with E-state index < -0.39 is 31.6 Å². The minimum absolute atomic E-state index is 0. The van der Waals surface area contributed by atoms with Gasteiger partial charge in [0, 0.05) is 12.8 Å². The van der Waals surface area contributed by atoms with Crippen LogP contribution < -0.4 is 0 Å². The van der Waals surface area contributed by atoms with Crippen molar-refractivity contribution in [3.05, 3.63) is 0 Å². The number of hydrogen-bond donors (Lipinski definition) is 0. The molecule has 77 valence electrons. The predicted molar refractivity (Wildman–Crippen MR) is 26.0 cm³/mol. The van der Waals surface area contributed by atoms with Crippen LogP contribution in [0.1, 0.15) is 19.3 Å². The molecule has 0 atom stereocenters. The van der Waals surface area contributed by atoms with Gasteiger partial charge in [0.05, 0.1) is 0 Å². The Morgan fingerprint density at radius 1 is 0.667 bits per heavy atom. The first-order valence-electron chi connectivity index (χ1n) is 2.84. The largest absolute Gasteiger partial charge is 2.00 e. The first-order valence-corrected chi connectivity index (χ1v) is 2.84. The third-order valence-corrected chi connectivity index (χ3v) is 0.921. The fourth-order valence-electron chi connectivity index (χ4n) is 0.489. The first kappa shape index (κ1) is 14.6. The molecule has 0 aromatic heterocycles. The van der Waals surface area contributed by atoms with E-state index in [1.807, 2.05) is 0 Å². The van der Waals surface area contributed by atoms with Crippen LogP contribution >= 0.6 is 0 Å². The third-order valence-electron chi connectivity index (χ3n) is 0.921. The summed E-state index contributed by atoms with van der Waals surface area (Å²) in [7, 11) is 0. The van der Waals surface area contributed by atoms with Gasteiger partial charge in [-0.15, -0.1) is 0 Å². The van der Waals surface area contributed by atoms with E-state index in [1.54, 1.807) is 0 Å². The van der Waals surface area contributed by atoms with Gasteiger partial charge in [-0.1, -0.05) is 0 Å². The second-order valence-corrected chi connectivity index (χ2v) is 2.08. The SMILES string of the molecule is FC(F)(F)CCCC(F)(F)F.[Cu+2]. The average Bonchev–Trinajstić information content (AvgIpc) is 1.55. The molecule has 0 saturated carbocycles. The minimum Gasteiger partial charge on any atom is -0.171 e. The number of alkyl halides is 6. The summed E-state index contributed by atoms with van der Waals surface area (Å²) in [6.07, 6.45) is -12.6. The van der Waals surface area contributed by atoms with Gasteiger partial charge < -0.3 is 0 Å². The van der Waals surface area contributed by atoms with Crippen molar-refractivity contribution in [1.82, 2.24) is 0 Å². The topological polar surface area (TPSA) is 0 Å². The molecule has 0 rings (SSSR count). The molecule has 0 amide bonds. The van der Waals surface area contributed by atoms with Gasteiger partial charge in [0.25, 0.3) is 0 Å². The Morgan fingerprint density at radius 2 is 0.917 bits per heavy atom. The zero-order valence-electron chi connectivity index (χ0n) is 5.69. The molecule has 0 fully saturated rings. The quantitative estimate of drug-likeness (QED) is 0.516. The van der Waals surface area contributed by atoms with Crippen LogP contribution in [-0.2, 0) is 17.1 Å². The van der Waals surface area contributed by atoms with Gasteiger partial charge in [-0.2, -0.15) is 26.3 Å². The van der Waals surface area contributed by atoms with Crippen LogP contribution in [0.25, 0.3) is 0 Å². The molecule has 0 saturated heterocycles. The summed E-state index contributed by atoms with van der Waals surface area (Å²) in [4.78, 5) is 0. The van der Waals surface area contributed by atoms with Crippen LogP contribution in [0.2, 0.25) is 0 Å². The monoisotopic (exact) mass is 243 g/mol. The molecule has 7 heteroatoms. The van der Waals surface area contributed by atoms with Gasteiger partial charge >= 0.3 is 29.4 Å². The van der Waals surface area contributed by atoms with Crippen LogP contribution in [0, 0.1) is 0 Å². The normalized spacial score (nSPS) is 12.5. The molecular formula is C5H6CuF6+2. The van der Waals surface area contributed by atoms with E-state index >= 15 is 0 Å². The van der Waals surface area contributed by atoms with Crippen molar-refractivity contribution in [3.8, 4) is 0 Å². The van der Waals surface area contributed by atoms with Crippen molar-refractivity contribution < 1.29 is 43.4 Å². The van der Waals surface area contributed by atoms with E-state index in [-0.39, 0.29) is 17.1 Å². The Balaban J connectivity index is 0. The number of rotatable bonds is 2. The number of hydrogen-bond acceptors (Lipinski definition) is 0. The maximum atomic E-state index is 11.3. The fraction of sp³-hybridized carbons (Fsp3) is 1.00. The molecule has 0 heterocycles. The van der Waals surface area contributed by atoms with Crippen LogP contribution in [0.3, 0.4) is 0 Å². The molecule has 0 N–H and O–H groups in total. The summed E-state index contributed by atoms with van der Waals surface area (Å²) in [6, 6.07) is 0. The second kappa shape index (κ2) is 4.97. The van der Waals surface area contributed by atoms with Crippen molar-refractivity contribution in [2.45, 2.75) is 31.6 Å². The van der Waals surface area contributed by atoms with E-state index in [0.29, 0.717) is 0 Å². The molecule has 0 spiro atoms. The summed E-state index contributed by atoms with van der Waals surface area (Å²) in [5.74, 6) is 0. The smallest absolute Gasteiger partial charge is 0.171 e. The second-order valence-electron chi connectivity index (χ2n) is 2.08. The molecule has 0 aromatic rings. The fourth-order valence-corrected chi connectivity index (χ4v) is 0.489. The van der Waals surface area contributed by atoms with Crippen molar-refractivity contribution in [1.29, 1.82) is 0 Å². The molecular weight excluding hydrogens is 238 g/mol. The molecule has 12 heavy (non-hydrogen) atoms. The maximum Gasteiger partial charge on any atom is 2.00 e. The zero-order valence-corrected chi connectivity index (χ0v) is 6.63. The van der Waals surface area contributed by atoms with E-state index in [1.165, 1.54) is 0 Å². The summed E-state index contributed by atoms with van der Waals surface area (Å²) < 4.78 is 67.6. The summed E-state index contributed by atoms with van der Waals surface area (Å²) >= 11 is 0. The third kappa shape index (κ3) is 12.7. The van der Waals surface area contributed by atoms with E-state index in [0.717, 1.165) is 0 Å².